The Hall–Kier alpha value is -3.09. The van der Waals surface area contributed by atoms with E-state index in [2.05, 4.69) is 19.9 Å². The van der Waals surface area contributed by atoms with Crippen LogP contribution in [0, 0.1) is 5.82 Å². The van der Waals surface area contributed by atoms with Gasteiger partial charge in [0.25, 0.3) is 5.91 Å². The number of aliphatic imine (C=N–C) groups is 1. The first-order valence-corrected chi connectivity index (χ1v) is 9.93. The minimum Gasteiger partial charge on any atom is -0.370 e. The van der Waals surface area contributed by atoms with E-state index in [1.165, 1.54) is 30.3 Å². The second-order valence-corrected chi connectivity index (χ2v) is 7.69. The van der Waals surface area contributed by atoms with E-state index in [-0.39, 0.29) is 30.2 Å². The van der Waals surface area contributed by atoms with Crippen LogP contribution in [0.2, 0.25) is 1.43 Å². The second-order valence-electron chi connectivity index (χ2n) is 5.98. The van der Waals surface area contributed by atoms with E-state index in [1.807, 2.05) is 0 Å². The van der Waals surface area contributed by atoms with Crippen LogP contribution in [0.5, 0.6) is 0 Å². The lowest BCUT2D eigenvalue weighted by Gasteiger charge is -2.16. The van der Waals surface area contributed by atoms with Crippen LogP contribution in [0.25, 0.3) is 11.3 Å². The number of amides is 1. The molecule has 12 heteroatoms. The van der Waals surface area contributed by atoms with Crippen molar-refractivity contribution < 1.29 is 24.2 Å². The minimum atomic E-state index is -4.13. The Bertz CT molecular complexity index is 1000. The normalized spacial score (nSPS) is 12.7. The highest BCUT2D eigenvalue weighted by atomic mass is 32.2. The van der Waals surface area contributed by atoms with Gasteiger partial charge in [0.05, 0.1) is 5.69 Å². The molecule has 1 amide bonds. The van der Waals surface area contributed by atoms with E-state index in [0.29, 0.717) is 11.3 Å². The highest BCUT2D eigenvalue weighted by Gasteiger charge is 2.25. The average molecular weight is 425 g/mol. The lowest BCUT2D eigenvalue weighted by Crippen LogP contribution is -2.45. The number of sulfonamides is 1. The van der Waals surface area contributed by atoms with Crippen molar-refractivity contribution >= 4 is 21.9 Å². The zero-order valence-corrected chi connectivity index (χ0v) is 16.0. The van der Waals surface area contributed by atoms with Crippen LogP contribution in [0.3, 0.4) is 0 Å². The van der Waals surface area contributed by atoms with Gasteiger partial charge in [0, 0.05) is 18.3 Å². The number of nitrogens with zero attached hydrogens (tertiary/aromatic N) is 2. The van der Waals surface area contributed by atoms with Crippen molar-refractivity contribution in [1.29, 1.82) is 0 Å². The first-order chi connectivity index (χ1) is 14.2. The maximum Gasteiger partial charge on any atom is 0.261 e. The summed E-state index contributed by atoms with van der Waals surface area (Å²) in [5.74, 6) is -1.43. The van der Waals surface area contributed by atoms with Gasteiger partial charge in [0.1, 0.15) is 16.8 Å². The Balaban J connectivity index is 2.15. The van der Waals surface area contributed by atoms with Gasteiger partial charge >= 0.3 is 0 Å². The molecular weight excluding hydrogens is 403 g/mol. The average Bonchev–Trinajstić information content (AvgIpc) is 2.70. The number of hydroxylamine groups is 1. The SMILES string of the molecule is [2H]ONC(=O)[C@H](CCCN=C(N)N)NS(=O)(=O)c1ccc(-c2cccc(F)c2)nc1. The van der Waals surface area contributed by atoms with Crippen LogP contribution in [-0.4, -0.2) is 43.1 Å². The summed E-state index contributed by atoms with van der Waals surface area (Å²) in [6, 6.07) is 7.17. The van der Waals surface area contributed by atoms with Gasteiger partial charge in [0.15, 0.2) is 5.96 Å². The van der Waals surface area contributed by atoms with E-state index in [1.54, 1.807) is 11.5 Å². The summed E-state index contributed by atoms with van der Waals surface area (Å²) in [4.78, 5) is 19.6. The van der Waals surface area contributed by atoms with Gasteiger partial charge in [-0.3, -0.25) is 20.0 Å². The molecule has 0 saturated heterocycles. The van der Waals surface area contributed by atoms with Gasteiger partial charge in [-0.05, 0) is 37.1 Å². The molecule has 1 heterocycles. The molecule has 0 spiro atoms. The van der Waals surface area contributed by atoms with Gasteiger partial charge in [0.2, 0.25) is 11.5 Å². The maximum atomic E-state index is 13.4. The van der Waals surface area contributed by atoms with Gasteiger partial charge in [-0.2, -0.15) is 4.72 Å². The molecule has 10 nitrogen and oxygen atoms in total. The van der Waals surface area contributed by atoms with Crippen LogP contribution in [-0.2, 0) is 14.8 Å². The molecule has 0 radical (unpaired) electrons. The summed E-state index contributed by atoms with van der Waals surface area (Å²) in [6.45, 7) is 0.180. The summed E-state index contributed by atoms with van der Waals surface area (Å²) < 4.78 is 47.5. The molecule has 0 unspecified atom stereocenters. The number of hydrogen-bond acceptors (Lipinski definition) is 6. The zero-order chi connectivity index (χ0) is 22.1. The van der Waals surface area contributed by atoms with E-state index < -0.39 is 27.8 Å². The third kappa shape index (κ3) is 6.48. The third-order valence-corrected chi connectivity index (χ3v) is 5.28. The molecule has 0 fully saturated rings. The van der Waals surface area contributed by atoms with Gasteiger partial charge in [-0.1, -0.05) is 12.1 Å². The largest absolute Gasteiger partial charge is 0.370 e. The molecule has 0 aliphatic carbocycles. The molecule has 1 aromatic heterocycles. The van der Waals surface area contributed by atoms with Gasteiger partial charge in [-0.25, -0.2) is 18.3 Å². The van der Waals surface area contributed by atoms with Crippen LogP contribution >= 0.6 is 0 Å². The molecular formula is C17H21FN6O4S. The lowest BCUT2D eigenvalue weighted by molar-refractivity contribution is -0.131. The van der Waals surface area contributed by atoms with Crippen molar-refractivity contribution in [2.75, 3.05) is 6.54 Å². The topological polar surface area (TPSA) is 173 Å². The minimum absolute atomic E-state index is 0.0417. The Morgan fingerprint density at radius 2 is 2.14 bits per heavy atom. The van der Waals surface area contributed by atoms with E-state index in [9.17, 15) is 17.6 Å². The van der Waals surface area contributed by atoms with E-state index >= 15 is 0 Å². The number of hydrogen-bond donors (Lipinski definition) is 5. The summed E-state index contributed by atoms with van der Waals surface area (Å²) in [6.07, 6.45) is 1.42. The van der Waals surface area contributed by atoms with Crippen molar-refractivity contribution in [3.05, 3.63) is 48.4 Å². The van der Waals surface area contributed by atoms with Crippen molar-refractivity contribution in [2.24, 2.45) is 16.5 Å². The molecule has 29 heavy (non-hydrogen) atoms. The fraction of sp³-hybridized carbons (Fsp3) is 0.235. The molecule has 2 aromatic rings. The first kappa shape index (κ1) is 20.6. The second kappa shape index (κ2) is 9.91. The number of guanidine groups is 1. The number of nitrogens with one attached hydrogen (secondary N) is 2. The summed E-state index contributed by atoms with van der Waals surface area (Å²) >= 11 is 0. The Kier molecular flexibility index (Phi) is 7.05. The maximum absolute atomic E-state index is 13.4. The number of benzene rings is 1. The molecule has 0 aliphatic heterocycles. The number of carbonyl (C=O) groups excluding carboxylic acids is 1. The highest BCUT2D eigenvalue weighted by molar-refractivity contribution is 7.89. The van der Waals surface area contributed by atoms with Crippen LogP contribution in [0.1, 0.15) is 12.8 Å². The quantitative estimate of drug-likeness (QED) is 0.118. The highest BCUT2D eigenvalue weighted by Crippen LogP contribution is 2.19. The number of nitrogens with two attached hydrogens (primary N) is 2. The number of carbonyl (C=O) groups is 1. The molecule has 2 rings (SSSR count). The summed E-state index contributed by atoms with van der Waals surface area (Å²) in [5, 5.41) is 3.83. The molecule has 0 bridgehead atoms. The van der Waals surface area contributed by atoms with Crippen LogP contribution < -0.4 is 21.7 Å². The molecule has 0 saturated carbocycles. The predicted molar refractivity (Wildman–Crippen MR) is 104 cm³/mol. The number of pyridine rings is 1. The molecule has 7 N–H and O–H groups in total. The molecule has 1 atom stereocenters. The Labute approximate surface area is 168 Å². The van der Waals surface area contributed by atoms with E-state index in [0.717, 1.165) is 6.20 Å². The zero-order valence-electron chi connectivity index (χ0n) is 16.2. The lowest BCUT2D eigenvalue weighted by atomic mass is 10.1. The monoisotopic (exact) mass is 425 g/mol. The smallest absolute Gasteiger partial charge is 0.261 e. The summed E-state index contributed by atoms with van der Waals surface area (Å²) in [7, 11) is -4.13. The van der Waals surface area contributed by atoms with Crippen LogP contribution in [0.4, 0.5) is 4.39 Å². The Morgan fingerprint density at radius 3 is 2.76 bits per heavy atom. The van der Waals surface area contributed by atoms with Gasteiger partial charge < -0.3 is 11.5 Å². The van der Waals surface area contributed by atoms with Crippen molar-refractivity contribution in [2.45, 2.75) is 23.8 Å². The fourth-order valence-electron chi connectivity index (χ4n) is 2.43. The standard InChI is InChI=1S/C17H21FN6O4S/c18-12-4-1-3-11(9-12)14-7-6-13(10-22-14)29(27,28)24-15(16(25)23-26)5-2-8-21-17(19)20/h1,3-4,6-7,9-10,15,24,26H,2,5,8H2,(H,23,25)(H4,19,20,21)/t15-/m0/s1/i/hD. The number of rotatable bonds is 10. The molecule has 0 aliphatic rings. The van der Waals surface area contributed by atoms with Crippen molar-refractivity contribution in [3.8, 4) is 11.3 Å². The van der Waals surface area contributed by atoms with E-state index in [4.69, 9.17) is 12.9 Å². The third-order valence-electron chi connectivity index (χ3n) is 3.83. The predicted octanol–water partition coefficient (Wildman–Crippen LogP) is 0.0936. The fourth-order valence-corrected chi connectivity index (χ4v) is 3.61. The van der Waals surface area contributed by atoms with Crippen LogP contribution in [0.15, 0.2) is 52.5 Å². The number of aromatic nitrogens is 1. The van der Waals surface area contributed by atoms with Crippen molar-refractivity contribution in [1.82, 2.24) is 15.2 Å². The van der Waals surface area contributed by atoms with Crippen molar-refractivity contribution in [3.63, 3.8) is 0 Å². The first-order valence-electron chi connectivity index (χ1n) is 8.85. The molecule has 1 aromatic carbocycles. The summed E-state index contributed by atoms with van der Waals surface area (Å²) in [5.41, 5.74) is 13.1. The number of halogens is 1. The Morgan fingerprint density at radius 1 is 1.34 bits per heavy atom. The molecule has 156 valence electrons. The van der Waals surface area contributed by atoms with Gasteiger partial charge in [-0.15, -0.1) is 0 Å².